The number of aryl methyl sites for hydroxylation is 1. The molecule has 1 aromatic carbocycles. The zero-order valence-electron chi connectivity index (χ0n) is 16.0. The summed E-state index contributed by atoms with van der Waals surface area (Å²) in [7, 11) is -3.65. The van der Waals surface area contributed by atoms with E-state index in [1.165, 1.54) is 0 Å². The van der Waals surface area contributed by atoms with Crippen molar-refractivity contribution in [2.75, 3.05) is 0 Å². The Kier molecular flexibility index (Phi) is 7.50. The van der Waals surface area contributed by atoms with Crippen molar-refractivity contribution in [3.05, 3.63) is 65.5 Å². The molecule has 1 aromatic heterocycles. The van der Waals surface area contributed by atoms with Crippen LogP contribution in [0.3, 0.4) is 0 Å². The number of carbonyl (C=O) groups is 1. The van der Waals surface area contributed by atoms with E-state index in [0.717, 1.165) is 16.7 Å². The molecule has 2 rings (SSSR count). The van der Waals surface area contributed by atoms with Gasteiger partial charge in [0.2, 0.25) is 15.9 Å². The minimum absolute atomic E-state index is 0.149. The van der Waals surface area contributed by atoms with Crippen molar-refractivity contribution in [3.63, 3.8) is 0 Å². The first-order valence-corrected chi connectivity index (χ1v) is 10.6. The first-order valence-electron chi connectivity index (χ1n) is 8.98. The lowest BCUT2D eigenvalue weighted by Crippen LogP contribution is -2.47. The normalized spacial score (nSPS) is 12.7. The van der Waals surface area contributed by atoms with E-state index in [2.05, 4.69) is 15.0 Å². The van der Waals surface area contributed by atoms with Crippen molar-refractivity contribution in [2.45, 2.75) is 45.5 Å². The number of hydrogen-bond acceptors (Lipinski definition) is 4. The summed E-state index contributed by atoms with van der Waals surface area (Å²) >= 11 is 0. The number of amides is 1. The lowest BCUT2D eigenvalue weighted by molar-refractivity contribution is -0.123. The number of rotatable bonds is 9. The minimum Gasteiger partial charge on any atom is -0.351 e. The van der Waals surface area contributed by atoms with Crippen LogP contribution in [0.15, 0.2) is 48.8 Å². The van der Waals surface area contributed by atoms with Gasteiger partial charge in [0.25, 0.3) is 0 Å². The highest BCUT2D eigenvalue weighted by molar-refractivity contribution is 7.88. The summed E-state index contributed by atoms with van der Waals surface area (Å²) in [5.41, 5.74) is 2.49. The zero-order chi connectivity index (χ0) is 19.9. The average molecular weight is 390 g/mol. The van der Waals surface area contributed by atoms with Crippen LogP contribution in [-0.4, -0.2) is 25.4 Å². The number of carbonyl (C=O) groups excluding carboxylic acids is 1. The molecule has 0 unspecified atom stereocenters. The van der Waals surface area contributed by atoms with E-state index in [1.54, 1.807) is 24.5 Å². The van der Waals surface area contributed by atoms with Crippen LogP contribution in [0.5, 0.6) is 0 Å². The Balaban J connectivity index is 2.06. The molecular weight excluding hydrogens is 362 g/mol. The molecule has 2 aromatic rings. The zero-order valence-corrected chi connectivity index (χ0v) is 16.8. The van der Waals surface area contributed by atoms with Crippen LogP contribution >= 0.6 is 0 Å². The van der Waals surface area contributed by atoms with Gasteiger partial charge in [-0.3, -0.25) is 9.78 Å². The highest BCUT2D eigenvalue weighted by Crippen LogP contribution is 2.13. The van der Waals surface area contributed by atoms with Gasteiger partial charge in [-0.05, 0) is 42.0 Å². The third-order valence-corrected chi connectivity index (χ3v) is 5.48. The quantitative estimate of drug-likeness (QED) is 0.690. The van der Waals surface area contributed by atoms with Gasteiger partial charge in [-0.2, -0.15) is 0 Å². The highest BCUT2D eigenvalue weighted by Gasteiger charge is 2.25. The summed E-state index contributed by atoms with van der Waals surface area (Å²) in [6, 6.07) is 10.2. The van der Waals surface area contributed by atoms with Crippen molar-refractivity contribution < 1.29 is 13.2 Å². The van der Waals surface area contributed by atoms with Crippen LogP contribution in [0, 0.1) is 12.8 Å². The summed E-state index contributed by atoms with van der Waals surface area (Å²) in [6.07, 6.45) is 3.75. The summed E-state index contributed by atoms with van der Waals surface area (Å²) in [5, 5.41) is 2.80. The van der Waals surface area contributed by atoms with Crippen LogP contribution in [0.1, 0.15) is 37.0 Å². The molecule has 0 saturated heterocycles. The molecule has 7 heteroatoms. The molecule has 0 saturated carbocycles. The van der Waals surface area contributed by atoms with Crippen LogP contribution in [-0.2, 0) is 27.1 Å². The maximum Gasteiger partial charge on any atom is 0.238 e. The van der Waals surface area contributed by atoms with Gasteiger partial charge >= 0.3 is 0 Å². The smallest absolute Gasteiger partial charge is 0.238 e. The summed E-state index contributed by atoms with van der Waals surface area (Å²) in [5.74, 6) is -0.314. The molecule has 0 aliphatic heterocycles. The van der Waals surface area contributed by atoms with Crippen molar-refractivity contribution in [1.29, 1.82) is 0 Å². The van der Waals surface area contributed by atoms with Crippen LogP contribution in [0.4, 0.5) is 0 Å². The fourth-order valence-corrected chi connectivity index (χ4v) is 4.18. The Bertz CT molecular complexity index is 852. The van der Waals surface area contributed by atoms with Crippen molar-refractivity contribution in [1.82, 2.24) is 15.0 Å². The Labute approximate surface area is 161 Å². The molecule has 6 nitrogen and oxygen atoms in total. The Morgan fingerprint density at radius 3 is 2.52 bits per heavy atom. The van der Waals surface area contributed by atoms with Gasteiger partial charge in [-0.15, -0.1) is 0 Å². The number of nitrogens with zero attached hydrogens (tertiary/aromatic N) is 1. The van der Waals surface area contributed by atoms with Gasteiger partial charge in [0.1, 0.15) is 6.04 Å². The maximum absolute atomic E-state index is 12.6. The number of benzene rings is 1. The first-order chi connectivity index (χ1) is 12.8. The van der Waals surface area contributed by atoms with Crippen molar-refractivity contribution in [2.24, 2.45) is 5.92 Å². The highest BCUT2D eigenvalue weighted by atomic mass is 32.2. The number of aromatic nitrogens is 1. The Hall–Kier alpha value is -2.25. The fourth-order valence-electron chi connectivity index (χ4n) is 2.73. The second-order valence-electron chi connectivity index (χ2n) is 7.06. The molecule has 1 atom stereocenters. The predicted octanol–water partition coefficient (Wildman–Crippen LogP) is 2.54. The van der Waals surface area contributed by atoms with E-state index in [9.17, 15) is 13.2 Å². The lowest BCUT2D eigenvalue weighted by atomic mass is 10.0. The summed E-state index contributed by atoms with van der Waals surface area (Å²) < 4.78 is 27.8. The summed E-state index contributed by atoms with van der Waals surface area (Å²) in [6.45, 7) is 6.09. The lowest BCUT2D eigenvalue weighted by Gasteiger charge is -2.20. The topological polar surface area (TPSA) is 88.2 Å². The third-order valence-electron chi connectivity index (χ3n) is 4.14. The van der Waals surface area contributed by atoms with Gasteiger partial charge in [-0.25, -0.2) is 13.1 Å². The Morgan fingerprint density at radius 2 is 1.89 bits per heavy atom. The molecule has 0 aliphatic rings. The van der Waals surface area contributed by atoms with E-state index in [0.29, 0.717) is 13.0 Å². The molecule has 1 heterocycles. The molecule has 1 amide bonds. The van der Waals surface area contributed by atoms with E-state index in [1.807, 2.05) is 45.0 Å². The fraction of sp³-hybridized carbons (Fsp3) is 0.400. The minimum atomic E-state index is -3.65. The second kappa shape index (κ2) is 9.62. The number of sulfonamides is 1. The molecular formula is C20H27N3O3S. The molecule has 0 aliphatic carbocycles. The first kappa shape index (κ1) is 21.1. The van der Waals surface area contributed by atoms with E-state index >= 15 is 0 Å². The van der Waals surface area contributed by atoms with E-state index in [4.69, 9.17) is 0 Å². The number of nitrogens with one attached hydrogen (secondary N) is 2. The predicted molar refractivity (Wildman–Crippen MR) is 106 cm³/mol. The van der Waals surface area contributed by atoms with Crippen LogP contribution < -0.4 is 10.0 Å². The third kappa shape index (κ3) is 7.11. The van der Waals surface area contributed by atoms with Crippen LogP contribution in [0.25, 0.3) is 0 Å². The van der Waals surface area contributed by atoms with Gasteiger partial charge in [0.05, 0.1) is 5.75 Å². The van der Waals surface area contributed by atoms with E-state index in [-0.39, 0.29) is 17.6 Å². The van der Waals surface area contributed by atoms with E-state index < -0.39 is 16.1 Å². The molecule has 146 valence electrons. The van der Waals surface area contributed by atoms with Crippen molar-refractivity contribution >= 4 is 15.9 Å². The SMILES string of the molecule is Cc1ccccc1CS(=O)(=O)N[C@@H](CC(C)C)C(=O)NCc1cccnc1. The molecule has 0 bridgehead atoms. The van der Waals surface area contributed by atoms with Crippen molar-refractivity contribution in [3.8, 4) is 0 Å². The van der Waals surface area contributed by atoms with Gasteiger partial charge in [-0.1, -0.05) is 44.2 Å². The standard InChI is InChI=1S/C20H27N3O3S/c1-15(2)11-19(20(24)22-13-17-8-6-10-21-12-17)23-27(25,26)14-18-9-5-4-7-16(18)3/h4-10,12,15,19,23H,11,13-14H2,1-3H3,(H,22,24)/t19-/m0/s1. The monoisotopic (exact) mass is 389 g/mol. The number of hydrogen-bond donors (Lipinski definition) is 2. The largest absolute Gasteiger partial charge is 0.351 e. The second-order valence-corrected chi connectivity index (χ2v) is 8.82. The number of pyridine rings is 1. The van der Waals surface area contributed by atoms with Crippen LogP contribution in [0.2, 0.25) is 0 Å². The molecule has 0 fully saturated rings. The molecule has 27 heavy (non-hydrogen) atoms. The average Bonchev–Trinajstić information content (AvgIpc) is 2.61. The van der Waals surface area contributed by atoms with Gasteiger partial charge < -0.3 is 5.32 Å². The molecule has 2 N–H and O–H groups in total. The maximum atomic E-state index is 12.6. The molecule has 0 radical (unpaired) electrons. The van der Waals surface area contributed by atoms with Gasteiger partial charge in [0.15, 0.2) is 0 Å². The Morgan fingerprint density at radius 1 is 1.15 bits per heavy atom. The summed E-state index contributed by atoms with van der Waals surface area (Å²) in [4.78, 5) is 16.6. The molecule has 0 spiro atoms. The van der Waals surface area contributed by atoms with Gasteiger partial charge in [0, 0.05) is 18.9 Å².